The van der Waals surface area contributed by atoms with Crippen LogP contribution in [0.1, 0.15) is 44.0 Å². The molecule has 3 aromatic rings. The van der Waals surface area contributed by atoms with Crippen molar-refractivity contribution in [1.29, 1.82) is 0 Å². The molecular weight excluding hydrogens is 425 g/mol. The van der Waals surface area contributed by atoms with Gasteiger partial charge in [-0.05, 0) is 60.5 Å². The van der Waals surface area contributed by atoms with Crippen LogP contribution in [0.15, 0.2) is 60.8 Å². The molecule has 1 aliphatic rings. The van der Waals surface area contributed by atoms with Crippen molar-refractivity contribution >= 4 is 11.8 Å². The molecule has 0 fully saturated rings. The van der Waals surface area contributed by atoms with Gasteiger partial charge in [0.05, 0.1) is 13.7 Å². The second kappa shape index (κ2) is 8.99. The van der Waals surface area contributed by atoms with Crippen LogP contribution in [0.25, 0.3) is 0 Å². The monoisotopic (exact) mass is 449 g/mol. The summed E-state index contributed by atoms with van der Waals surface area (Å²) in [5.74, 6) is -0.545. The second-order valence-corrected chi connectivity index (χ2v) is 7.83. The highest BCUT2D eigenvalue weighted by Gasteiger charge is 2.42. The number of hydrogen-bond donors (Lipinski definition) is 1. The van der Waals surface area contributed by atoms with Crippen molar-refractivity contribution in [3.05, 3.63) is 94.6 Å². The van der Waals surface area contributed by atoms with Gasteiger partial charge in [0.15, 0.2) is 0 Å². The van der Waals surface area contributed by atoms with Crippen LogP contribution in [0.4, 0.5) is 4.39 Å². The Bertz CT molecular complexity index is 1200. The van der Waals surface area contributed by atoms with E-state index in [0.717, 1.165) is 5.06 Å². The molecule has 1 atom stereocenters. The number of carbonyl (C=O) groups is 2. The minimum absolute atomic E-state index is 0.325. The summed E-state index contributed by atoms with van der Waals surface area (Å²) >= 11 is 0. The van der Waals surface area contributed by atoms with Crippen LogP contribution in [0.2, 0.25) is 0 Å². The molecule has 0 bridgehead atoms. The lowest BCUT2D eigenvalue weighted by molar-refractivity contribution is -0.0757. The van der Waals surface area contributed by atoms with E-state index in [2.05, 4.69) is 10.3 Å². The van der Waals surface area contributed by atoms with E-state index in [1.165, 1.54) is 20.2 Å². The number of halogens is 1. The molecule has 0 spiro atoms. The van der Waals surface area contributed by atoms with E-state index in [9.17, 15) is 14.0 Å². The van der Waals surface area contributed by atoms with Crippen LogP contribution >= 0.6 is 0 Å². The van der Waals surface area contributed by atoms with Crippen LogP contribution in [0, 0.1) is 12.7 Å². The van der Waals surface area contributed by atoms with Gasteiger partial charge in [-0.2, -0.15) is 0 Å². The largest absolute Gasteiger partial charge is 0.491 e. The maximum atomic E-state index is 14.5. The van der Waals surface area contributed by atoms with Crippen molar-refractivity contribution in [2.24, 2.45) is 0 Å². The van der Waals surface area contributed by atoms with Crippen LogP contribution in [0.5, 0.6) is 5.75 Å². The normalized spacial score (nSPS) is 17.0. The van der Waals surface area contributed by atoms with E-state index in [-0.39, 0.29) is 17.6 Å². The van der Waals surface area contributed by atoms with Gasteiger partial charge in [-0.15, -0.1) is 0 Å². The van der Waals surface area contributed by atoms with Gasteiger partial charge in [-0.1, -0.05) is 12.1 Å². The van der Waals surface area contributed by atoms with Crippen molar-refractivity contribution in [2.45, 2.75) is 18.9 Å². The standard InChI is InChI=1S/C25H24FN3O4/c1-16-6-11-19(15-20(16)26)25(12-14-33-21-5-4-13-27-22(21)25)28-23(30)17-7-9-18(10-8-17)24(31)29(2)32-3/h4-11,13,15H,12,14H2,1-3H3,(H,28,30)/t25-/m0/s1. The Morgan fingerprint density at radius 1 is 1.15 bits per heavy atom. The van der Waals surface area contributed by atoms with Gasteiger partial charge in [0, 0.05) is 30.8 Å². The number of pyridine rings is 1. The molecule has 2 aromatic carbocycles. The lowest BCUT2D eigenvalue weighted by Gasteiger charge is -2.39. The minimum Gasteiger partial charge on any atom is -0.491 e. The van der Waals surface area contributed by atoms with Gasteiger partial charge in [0.2, 0.25) is 0 Å². The van der Waals surface area contributed by atoms with E-state index in [0.29, 0.717) is 46.7 Å². The number of hydrogen-bond acceptors (Lipinski definition) is 5. The lowest BCUT2D eigenvalue weighted by Crippen LogP contribution is -2.50. The van der Waals surface area contributed by atoms with Crippen molar-refractivity contribution in [2.75, 3.05) is 20.8 Å². The summed E-state index contributed by atoms with van der Waals surface area (Å²) < 4.78 is 20.3. The first kappa shape index (κ1) is 22.4. The Balaban J connectivity index is 1.72. The van der Waals surface area contributed by atoms with Crippen LogP contribution in [0.3, 0.4) is 0 Å². The first-order chi connectivity index (χ1) is 15.9. The Hall–Kier alpha value is -3.78. The van der Waals surface area contributed by atoms with Crippen LogP contribution in [-0.4, -0.2) is 42.6 Å². The first-order valence-corrected chi connectivity index (χ1v) is 10.5. The molecule has 7 nitrogen and oxygen atoms in total. The summed E-state index contributed by atoms with van der Waals surface area (Å²) in [5, 5.41) is 4.18. The van der Waals surface area contributed by atoms with E-state index >= 15 is 0 Å². The third-order valence-electron chi connectivity index (χ3n) is 5.86. The predicted octanol–water partition coefficient (Wildman–Crippen LogP) is 3.62. The molecule has 1 aliphatic heterocycles. The summed E-state index contributed by atoms with van der Waals surface area (Å²) in [4.78, 5) is 35.0. The number of carbonyl (C=O) groups excluding carboxylic acids is 2. The van der Waals surface area contributed by atoms with Crippen molar-refractivity contribution in [3.8, 4) is 5.75 Å². The number of fused-ring (bicyclic) bond motifs is 1. The highest BCUT2D eigenvalue weighted by Crippen LogP contribution is 2.41. The van der Waals surface area contributed by atoms with Crippen molar-refractivity contribution in [1.82, 2.24) is 15.4 Å². The fourth-order valence-electron chi connectivity index (χ4n) is 3.89. The predicted molar refractivity (Wildman–Crippen MR) is 119 cm³/mol. The van der Waals surface area contributed by atoms with Gasteiger partial charge in [0.1, 0.15) is 22.8 Å². The maximum Gasteiger partial charge on any atom is 0.277 e. The average molecular weight is 449 g/mol. The number of benzene rings is 2. The Kier molecular flexibility index (Phi) is 6.11. The van der Waals surface area contributed by atoms with Crippen molar-refractivity contribution < 1.29 is 23.6 Å². The first-order valence-electron chi connectivity index (χ1n) is 10.5. The zero-order chi connectivity index (χ0) is 23.6. The van der Waals surface area contributed by atoms with Crippen LogP contribution in [-0.2, 0) is 10.4 Å². The van der Waals surface area contributed by atoms with Gasteiger partial charge >= 0.3 is 0 Å². The van der Waals surface area contributed by atoms with Crippen molar-refractivity contribution in [3.63, 3.8) is 0 Å². The zero-order valence-electron chi connectivity index (χ0n) is 18.6. The number of ether oxygens (including phenoxy) is 1. The maximum absolute atomic E-state index is 14.5. The third-order valence-corrected chi connectivity index (χ3v) is 5.86. The SMILES string of the molecule is CON(C)C(=O)c1ccc(C(=O)N[C@]2(c3ccc(C)c(F)c3)CCOc3cccnc32)cc1. The van der Waals surface area contributed by atoms with E-state index < -0.39 is 5.54 Å². The highest BCUT2D eigenvalue weighted by atomic mass is 19.1. The molecule has 170 valence electrons. The van der Waals surface area contributed by atoms with Gasteiger partial charge in [-0.25, -0.2) is 9.45 Å². The quantitative estimate of drug-likeness (QED) is 0.602. The third kappa shape index (κ3) is 4.17. The summed E-state index contributed by atoms with van der Waals surface area (Å²) in [6.07, 6.45) is 1.99. The fourth-order valence-corrected chi connectivity index (χ4v) is 3.89. The molecule has 0 aliphatic carbocycles. The number of rotatable bonds is 5. The Morgan fingerprint density at radius 3 is 2.58 bits per heavy atom. The van der Waals surface area contributed by atoms with Gasteiger partial charge in [0.25, 0.3) is 11.8 Å². The molecule has 2 heterocycles. The smallest absolute Gasteiger partial charge is 0.277 e. The minimum atomic E-state index is -1.08. The summed E-state index contributed by atoms with van der Waals surface area (Å²) in [5.41, 5.74) is 1.25. The molecule has 1 aromatic heterocycles. The van der Waals surface area contributed by atoms with Gasteiger partial charge in [-0.3, -0.25) is 19.4 Å². The summed E-state index contributed by atoms with van der Waals surface area (Å²) in [6.45, 7) is 2.01. The highest BCUT2D eigenvalue weighted by molar-refractivity contribution is 5.98. The molecule has 1 N–H and O–H groups in total. The molecule has 0 radical (unpaired) electrons. The molecule has 0 saturated heterocycles. The fraction of sp³-hybridized carbons (Fsp3) is 0.240. The zero-order valence-corrected chi connectivity index (χ0v) is 18.6. The topological polar surface area (TPSA) is 80.8 Å². The number of aromatic nitrogens is 1. The molecule has 8 heteroatoms. The van der Waals surface area contributed by atoms with Gasteiger partial charge < -0.3 is 10.1 Å². The average Bonchev–Trinajstić information content (AvgIpc) is 2.85. The number of hydroxylamine groups is 2. The number of nitrogens with zero attached hydrogens (tertiary/aromatic N) is 2. The molecule has 0 saturated carbocycles. The number of amides is 2. The lowest BCUT2D eigenvalue weighted by atomic mass is 9.80. The van der Waals surface area contributed by atoms with Crippen LogP contribution < -0.4 is 10.1 Å². The molecule has 2 amide bonds. The molecular formula is C25H24FN3O4. The summed E-state index contributed by atoms with van der Waals surface area (Å²) in [7, 11) is 2.90. The molecule has 0 unspecified atom stereocenters. The number of nitrogens with one attached hydrogen (secondary N) is 1. The van der Waals surface area contributed by atoms with E-state index in [4.69, 9.17) is 9.57 Å². The van der Waals surface area contributed by atoms with E-state index in [1.54, 1.807) is 61.7 Å². The summed E-state index contributed by atoms with van der Waals surface area (Å²) in [6, 6.07) is 14.7. The molecule has 33 heavy (non-hydrogen) atoms. The second-order valence-electron chi connectivity index (χ2n) is 7.83. The number of aryl methyl sites for hydroxylation is 1. The molecule has 4 rings (SSSR count). The van der Waals surface area contributed by atoms with E-state index in [1.807, 2.05) is 0 Å². The Morgan fingerprint density at radius 2 is 1.88 bits per heavy atom. The Labute approximate surface area is 191 Å².